The van der Waals surface area contributed by atoms with E-state index < -0.39 is 0 Å². The number of methoxy groups -OCH3 is 1. The van der Waals surface area contributed by atoms with Crippen molar-refractivity contribution in [3.8, 4) is 0 Å². The number of benzene rings is 1. The molecule has 0 radical (unpaired) electrons. The van der Waals surface area contributed by atoms with Crippen LogP contribution in [0.2, 0.25) is 0 Å². The number of rotatable bonds is 5. The molecule has 96 valence electrons. The number of aromatic amines is 1. The summed E-state index contributed by atoms with van der Waals surface area (Å²) in [4.78, 5) is 14.7. The number of nitrogens with one attached hydrogen (secondary N) is 1. The van der Waals surface area contributed by atoms with Gasteiger partial charge in [0.2, 0.25) is 0 Å². The maximum atomic E-state index is 11.5. The molecule has 0 aliphatic carbocycles. The predicted octanol–water partition coefficient (Wildman–Crippen LogP) is 2.18. The summed E-state index contributed by atoms with van der Waals surface area (Å²) in [6, 6.07) is 5.46. The molecule has 1 aromatic heterocycles. The second-order valence-corrected chi connectivity index (χ2v) is 4.95. The molecule has 0 saturated carbocycles. The minimum Gasteiger partial charge on any atom is -0.465 e. The molecule has 2 rings (SSSR count). The maximum Gasteiger partial charge on any atom is 0.337 e. The van der Waals surface area contributed by atoms with E-state index in [-0.39, 0.29) is 12.6 Å². The van der Waals surface area contributed by atoms with Gasteiger partial charge in [-0.15, -0.1) is 0 Å². The van der Waals surface area contributed by atoms with Gasteiger partial charge in [-0.05, 0) is 23.8 Å². The van der Waals surface area contributed by atoms with Gasteiger partial charge in [0.05, 0.1) is 19.3 Å². The van der Waals surface area contributed by atoms with Crippen molar-refractivity contribution in [2.24, 2.45) is 0 Å². The summed E-state index contributed by atoms with van der Waals surface area (Å²) in [5, 5.41) is 9.80. The normalized spacial score (nSPS) is 10.8. The number of fused-ring (bicyclic) bond motifs is 1. The van der Waals surface area contributed by atoms with Crippen molar-refractivity contribution in [1.82, 2.24) is 4.98 Å². The van der Waals surface area contributed by atoms with Crippen LogP contribution in [0.5, 0.6) is 0 Å². The topological polar surface area (TPSA) is 62.3 Å². The van der Waals surface area contributed by atoms with Gasteiger partial charge in [0, 0.05) is 28.6 Å². The molecule has 0 unspecified atom stereocenters. The van der Waals surface area contributed by atoms with Crippen LogP contribution in [0.3, 0.4) is 0 Å². The number of aliphatic hydroxyl groups excluding tert-OH is 1. The lowest BCUT2D eigenvalue weighted by atomic mass is 10.1. The number of H-pyrrole nitrogens is 1. The molecule has 0 aliphatic rings. The van der Waals surface area contributed by atoms with Crippen LogP contribution in [0.4, 0.5) is 0 Å². The number of carbonyl (C=O) groups excluding carboxylic acids is 1. The standard InChI is InChI=1S/C13H15NO3S/c1-17-13(16)9-2-3-12-11(6-9)10(7-14-12)8-18-5-4-15/h2-3,6-7,14-15H,4-5,8H2,1H3. The number of aromatic nitrogens is 1. The van der Waals surface area contributed by atoms with Gasteiger partial charge in [0.25, 0.3) is 0 Å². The van der Waals surface area contributed by atoms with E-state index in [1.165, 1.54) is 7.11 Å². The third kappa shape index (κ3) is 2.68. The van der Waals surface area contributed by atoms with Crippen molar-refractivity contribution in [2.75, 3.05) is 19.5 Å². The minimum absolute atomic E-state index is 0.181. The number of thioether (sulfide) groups is 1. The first-order chi connectivity index (χ1) is 8.76. The summed E-state index contributed by atoms with van der Waals surface area (Å²) in [7, 11) is 1.38. The summed E-state index contributed by atoms with van der Waals surface area (Å²) in [5.74, 6) is 1.20. The second kappa shape index (κ2) is 5.93. The average molecular weight is 265 g/mol. The number of esters is 1. The van der Waals surface area contributed by atoms with Gasteiger partial charge in [0.15, 0.2) is 0 Å². The zero-order valence-electron chi connectivity index (χ0n) is 10.1. The van der Waals surface area contributed by atoms with Gasteiger partial charge in [-0.2, -0.15) is 11.8 Å². The van der Waals surface area contributed by atoms with E-state index in [0.717, 1.165) is 22.2 Å². The highest BCUT2D eigenvalue weighted by atomic mass is 32.2. The van der Waals surface area contributed by atoms with Crippen LogP contribution in [0, 0.1) is 0 Å². The number of aliphatic hydroxyl groups is 1. The fraction of sp³-hybridized carbons (Fsp3) is 0.308. The first-order valence-electron chi connectivity index (χ1n) is 5.63. The Morgan fingerprint density at radius 1 is 1.50 bits per heavy atom. The van der Waals surface area contributed by atoms with Crippen LogP contribution in [0.25, 0.3) is 10.9 Å². The van der Waals surface area contributed by atoms with Crippen LogP contribution in [-0.4, -0.2) is 35.5 Å². The summed E-state index contributed by atoms with van der Waals surface area (Å²) in [6.45, 7) is 0.181. The average Bonchev–Trinajstić information content (AvgIpc) is 2.81. The summed E-state index contributed by atoms with van der Waals surface area (Å²) in [6.07, 6.45) is 1.94. The SMILES string of the molecule is COC(=O)c1ccc2[nH]cc(CSCCO)c2c1. The van der Waals surface area contributed by atoms with Crippen molar-refractivity contribution in [3.63, 3.8) is 0 Å². The Hall–Kier alpha value is -1.46. The molecule has 0 amide bonds. The highest BCUT2D eigenvalue weighted by Gasteiger charge is 2.09. The van der Waals surface area contributed by atoms with Crippen LogP contribution in [0.15, 0.2) is 24.4 Å². The monoisotopic (exact) mass is 265 g/mol. The van der Waals surface area contributed by atoms with Crippen molar-refractivity contribution < 1.29 is 14.6 Å². The molecule has 0 spiro atoms. The lowest BCUT2D eigenvalue weighted by molar-refractivity contribution is 0.0601. The second-order valence-electron chi connectivity index (χ2n) is 3.84. The van der Waals surface area contributed by atoms with Crippen LogP contribution in [-0.2, 0) is 10.5 Å². The van der Waals surface area contributed by atoms with Crippen LogP contribution < -0.4 is 0 Å². The first-order valence-corrected chi connectivity index (χ1v) is 6.78. The summed E-state index contributed by atoms with van der Waals surface area (Å²) >= 11 is 1.66. The van der Waals surface area contributed by atoms with Gasteiger partial charge >= 0.3 is 5.97 Å². The highest BCUT2D eigenvalue weighted by Crippen LogP contribution is 2.23. The zero-order chi connectivity index (χ0) is 13.0. The van der Waals surface area contributed by atoms with Crippen LogP contribution in [0.1, 0.15) is 15.9 Å². The molecule has 2 aromatic rings. The molecule has 5 heteroatoms. The van der Waals surface area contributed by atoms with Gasteiger partial charge in [-0.3, -0.25) is 0 Å². The maximum absolute atomic E-state index is 11.5. The Kier molecular flexibility index (Phi) is 4.28. The van der Waals surface area contributed by atoms with E-state index in [9.17, 15) is 4.79 Å². The summed E-state index contributed by atoms with van der Waals surface area (Å²) < 4.78 is 4.71. The molecule has 0 fully saturated rings. The Balaban J connectivity index is 2.28. The third-order valence-corrected chi connectivity index (χ3v) is 3.67. The van der Waals surface area contributed by atoms with Gasteiger partial charge < -0.3 is 14.8 Å². The smallest absolute Gasteiger partial charge is 0.337 e. The molecule has 1 aromatic carbocycles. The molecule has 0 saturated heterocycles. The first kappa shape index (κ1) is 13.0. The lowest BCUT2D eigenvalue weighted by Gasteiger charge is -2.01. The van der Waals surface area contributed by atoms with Gasteiger partial charge in [-0.25, -0.2) is 4.79 Å². The molecule has 1 heterocycles. The van der Waals surface area contributed by atoms with E-state index >= 15 is 0 Å². The lowest BCUT2D eigenvalue weighted by Crippen LogP contribution is -2.00. The molecule has 4 nitrogen and oxygen atoms in total. The Morgan fingerprint density at radius 2 is 2.33 bits per heavy atom. The van der Waals surface area contributed by atoms with E-state index in [0.29, 0.717) is 11.3 Å². The van der Waals surface area contributed by atoms with Crippen molar-refractivity contribution in [1.29, 1.82) is 0 Å². The van der Waals surface area contributed by atoms with E-state index in [4.69, 9.17) is 9.84 Å². The Morgan fingerprint density at radius 3 is 3.06 bits per heavy atom. The van der Waals surface area contributed by atoms with E-state index in [1.54, 1.807) is 17.8 Å². The largest absolute Gasteiger partial charge is 0.465 e. The van der Waals surface area contributed by atoms with E-state index in [2.05, 4.69) is 4.98 Å². The fourth-order valence-corrected chi connectivity index (χ4v) is 2.52. The summed E-state index contributed by atoms with van der Waals surface area (Å²) in [5.41, 5.74) is 2.69. The zero-order valence-corrected chi connectivity index (χ0v) is 10.9. The fourth-order valence-electron chi connectivity index (χ4n) is 1.79. The molecular weight excluding hydrogens is 250 g/mol. The van der Waals surface area contributed by atoms with Crippen LogP contribution >= 0.6 is 11.8 Å². The quantitative estimate of drug-likeness (QED) is 0.642. The van der Waals surface area contributed by atoms with E-state index in [1.807, 2.05) is 18.3 Å². The molecular formula is C13H15NO3S. The molecule has 0 atom stereocenters. The Bertz CT molecular complexity index is 550. The molecule has 2 N–H and O–H groups in total. The van der Waals surface area contributed by atoms with Crippen molar-refractivity contribution >= 4 is 28.6 Å². The van der Waals surface area contributed by atoms with Gasteiger partial charge in [0.1, 0.15) is 0 Å². The van der Waals surface area contributed by atoms with Crippen molar-refractivity contribution in [2.45, 2.75) is 5.75 Å². The van der Waals surface area contributed by atoms with Gasteiger partial charge in [-0.1, -0.05) is 0 Å². The molecule has 18 heavy (non-hydrogen) atoms. The molecule has 0 aliphatic heterocycles. The number of carbonyl (C=O) groups is 1. The number of hydrogen-bond acceptors (Lipinski definition) is 4. The minimum atomic E-state index is -0.327. The Labute approximate surface area is 109 Å². The highest BCUT2D eigenvalue weighted by molar-refractivity contribution is 7.98. The molecule has 0 bridgehead atoms. The predicted molar refractivity (Wildman–Crippen MR) is 72.9 cm³/mol. The third-order valence-electron chi connectivity index (χ3n) is 2.68. The number of hydrogen-bond donors (Lipinski definition) is 2. The number of ether oxygens (including phenoxy) is 1. The van der Waals surface area contributed by atoms with Crippen molar-refractivity contribution in [3.05, 3.63) is 35.5 Å².